The Balaban J connectivity index is 1.99. The van der Waals surface area contributed by atoms with Gasteiger partial charge in [-0.15, -0.1) is 0 Å². The number of hydrogen-bond acceptors (Lipinski definition) is 2. The van der Waals surface area contributed by atoms with Gasteiger partial charge in [0.15, 0.2) is 0 Å². The average molecular weight is 361 g/mol. The van der Waals surface area contributed by atoms with Gasteiger partial charge in [0.25, 0.3) is 5.56 Å². The summed E-state index contributed by atoms with van der Waals surface area (Å²) in [6.07, 6.45) is 3.19. The van der Waals surface area contributed by atoms with Crippen molar-refractivity contribution in [1.29, 1.82) is 0 Å². The Bertz CT molecular complexity index is 761. The van der Waals surface area contributed by atoms with Gasteiger partial charge in [-0.2, -0.15) is 0 Å². The molecule has 0 aliphatic carbocycles. The van der Waals surface area contributed by atoms with Crippen LogP contribution in [0.1, 0.15) is 22.4 Å². The second kappa shape index (κ2) is 7.22. The second-order valence-corrected chi connectivity index (χ2v) is 5.96. The lowest BCUT2D eigenvalue weighted by atomic mass is 10.1. The number of rotatable bonds is 4. The lowest BCUT2D eigenvalue weighted by molar-refractivity contribution is -0.116. The number of H-pyrrole nitrogens is 1. The van der Waals surface area contributed by atoms with Gasteiger partial charge in [-0.25, -0.2) is 0 Å². The molecule has 1 aromatic carbocycles. The first kappa shape index (κ1) is 16.2. The van der Waals surface area contributed by atoms with E-state index in [0.717, 1.165) is 21.3 Å². The normalized spacial score (nSPS) is 10.9. The zero-order chi connectivity index (χ0) is 16.1. The Hall–Kier alpha value is -2.14. The van der Waals surface area contributed by atoms with Crippen LogP contribution in [0.4, 0.5) is 0 Å². The molecule has 4 nitrogen and oxygen atoms in total. The molecule has 114 valence electrons. The number of carbonyl (C=O) groups is 1. The minimum atomic E-state index is -0.234. The third-order valence-electron chi connectivity index (χ3n) is 3.23. The van der Waals surface area contributed by atoms with Crippen LogP contribution in [0.2, 0.25) is 0 Å². The molecule has 22 heavy (non-hydrogen) atoms. The van der Waals surface area contributed by atoms with E-state index in [1.807, 2.05) is 44.2 Å². The molecule has 0 saturated heterocycles. The number of aromatic nitrogens is 1. The van der Waals surface area contributed by atoms with Crippen molar-refractivity contribution < 1.29 is 4.79 Å². The summed E-state index contributed by atoms with van der Waals surface area (Å²) in [7, 11) is 0. The molecule has 1 heterocycles. The highest BCUT2D eigenvalue weighted by molar-refractivity contribution is 9.10. The predicted molar refractivity (Wildman–Crippen MR) is 91.6 cm³/mol. The van der Waals surface area contributed by atoms with Crippen LogP contribution in [0.15, 0.2) is 45.7 Å². The summed E-state index contributed by atoms with van der Waals surface area (Å²) in [4.78, 5) is 26.4. The molecule has 0 saturated carbocycles. The summed E-state index contributed by atoms with van der Waals surface area (Å²) < 4.78 is 0.989. The van der Waals surface area contributed by atoms with Crippen LogP contribution in [-0.2, 0) is 11.3 Å². The topological polar surface area (TPSA) is 62.0 Å². The lowest BCUT2D eigenvalue weighted by Crippen LogP contribution is -2.26. The van der Waals surface area contributed by atoms with Crippen LogP contribution in [-0.4, -0.2) is 10.9 Å². The highest BCUT2D eigenvalue weighted by atomic mass is 79.9. The number of aryl methyl sites for hydroxylation is 2. The van der Waals surface area contributed by atoms with E-state index in [9.17, 15) is 9.59 Å². The van der Waals surface area contributed by atoms with Crippen molar-refractivity contribution in [3.8, 4) is 0 Å². The van der Waals surface area contributed by atoms with E-state index < -0.39 is 0 Å². The Labute approximate surface area is 137 Å². The first-order valence-corrected chi connectivity index (χ1v) is 7.66. The fourth-order valence-electron chi connectivity index (χ4n) is 2.08. The maximum atomic E-state index is 11.9. The van der Waals surface area contributed by atoms with Gasteiger partial charge in [-0.1, -0.05) is 28.1 Å². The summed E-state index contributed by atoms with van der Waals surface area (Å²) >= 11 is 3.36. The molecule has 1 amide bonds. The van der Waals surface area contributed by atoms with Crippen molar-refractivity contribution in [1.82, 2.24) is 10.3 Å². The quantitative estimate of drug-likeness (QED) is 0.823. The van der Waals surface area contributed by atoms with Gasteiger partial charge >= 0.3 is 0 Å². The molecule has 5 heteroatoms. The molecule has 0 spiro atoms. The molecule has 2 aromatic rings. The monoisotopic (exact) mass is 360 g/mol. The van der Waals surface area contributed by atoms with Crippen molar-refractivity contribution in [2.24, 2.45) is 0 Å². The zero-order valence-electron chi connectivity index (χ0n) is 12.4. The number of benzene rings is 1. The Morgan fingerprint density at radius 2 is 1.95 bits per heavy atom. The van der Waals surface area contributed by atoms with E-state index in [2.05, 4.69) is 26.2 Å². The van der Waals surface area contributed by atoms with E-state index in [-0.39, 0.29) is 18.0 Å². The summed E-state index contributed by atoms with van der Waals surface area (Å²) in [6.45, 7) is 3.91. The summed E-state index contributed by atoms with van der Waals surface area (Å²) in [6, 6.07) is 9.52. The maximum absolute atomic E-state index is 11.9. The molecule has 0 atom stereocenters. The molecule has 2 N–H and O–H groups in total. The van der Waals surface area contributed by atoms with Crippen LogP contribution in [0.5, 0.6) is 0 Å². The van der Waals surface area contributed by atoms with E-state index in [0.29, 0.717) is 5.56 Å². The molecule has 0 aliphatic heterocycles. The molecular formula is C17H17BrN2O2. The van der Waals surface area contributed by atoms with Gasteiger partial charge in [0.05, 0.1) is 0 Å². The Morgan fingerprint density at radius 3 is 2.59 bits per heavy atom. The smallest absolute Gasteiger partial charge is 0.253 e. The Morgan fingerprint density at radius 1 is 1.27 bits per heavy atom. The van der Waals surface area contributed by atoms with Gasteiger partial charge < -0.3 is 10.3 Å². The van der Waals surface area contributed by atoms with E-state index in [1.165, 1.54) is 6.08 Å². The maximum Gasteiger partial charge on any atom is 0.253 e. The predicted octanol–water partition coefficient (Wildman–Crippen LogP) is 3.08. The number of nitrogens with one attached hydrogen (secondary N) is 2. The number of halogens is 1. The molecule has 0 fully saturated rings. The summed E-state index contributed by atoms with van der Waals surface area (Å²) in [5.41, 5.74) is 3.04. The standard InChI is InChI=1S/C17H17BrN2O2/c1-11-9-12(2)20-17(22)15(11)10-19-16(21)8-5-13-3-6-14(18)7-4-13/h3-9H,10H2,1-2H3,(H,19,21)(H,20,22)/b8-5+. The number of aromatic amines is 1. The molecule has 0 aliphatic rings. The molecule has 0 bridgehead atoms. The Kier molecular flexibility index (Phi) is 5.33. The zero-order valence-corrected chi connectivity index (χ0v) is 14.0. The first-order valence-electron chi connectivity index (χ1n) is 6.86. The SMILES string of the molecule is Cc1cc(C)c(CNC(=O)/C=C/c2ccc(Br)cc2)c(=O)[nH]1. The molecule has 1 aromatic heterocycles. The van der Waals surface area contributed by atoms with Gasteiger partial charge in [0.2, 0.25) is 5.91 Å². The molecule has 2 rings (SSSR count). The fraction of sp³-hybridized carbons (Fsp3) is 0.176. The first-order chi connectivity index (χ1) is 10.5. The van der Waals surface area contributed by atoms with Crippen molar-refractivity contribution in [2.45, 2.75) is 20.4 Å². The third kappa shape index (κ3) is 4.43. The minimum Gasteiger partial charge on any atom is -0.348 e. The number of hydrogen-bond donors (Lipinski definition) is 2. The van der Waals surface area contributed by atoms with Crippen molar-refractivity contribution in [3.05, 3.63) is 73.6 Å². The van der Waals surface area contributed by atoms with Gasteiger partial charge in [0.1, 0.15) is 0 Å². The fourth-order valence-corrected chi connectivity index (χ4v) is 2.35. The highest BCUT2D eigenvalue weighted by Crippen LogP contribution is 2.11. The van der Waals surface area contributed by atoms with Gasteiger partial charge in [0, 0.05) is 28.4 Å². The molecule has 0 radical (unpaired) electrons. The van der Waals surface area contributed by atoms with Gasteiger partial charge in [-0.3, -0.25) is 9.59 Å². The molecule has 0 unspecified atom stereocenters. The average Bonchev–Trinajstić information content (AvgIpc) is 2.45. The number of amides is 1. The summed E-state index contributed by atoms with van der Waals surface area (Å²) in [5.74, 6) is -0.234. The number of carbonyl (C=O) groups excluding carboxylic acids is 1. The largest absolute Gasteiger partial charge is 0.348 e. The minimum absolute atomic E-state index is 0.158. The summed E-state index contributed by atoms with van der Waals surface area (Å²) in [5, 5.41) is 2.73. The van der Waals surface area contributed by atoms with E-state index >= 15 is 0 Å². The van der Waals surface area contributed by atoms with Crippen LogP contribution in [0, 0.1) is 13.8 Å². The molecular weight excluding hydrogens is 344 g/mol. The van der Waals surface area contributed by atoms with Crippen LogP contribution >= 0.6 is 15.9 Å². The van der Waals surface area contributed by atoms with E-state index in [1.54, 1.807) is 6.08 Å². The third-order valence-corrected chi connectivity index (χ3v) is 3.76. The van der Waals surface area contributed by atoms with Crippen molar-refractivity contribution in [3.63, 3.8) is 0 Å². The van der Waals surface area contributed by atoms with Crippen LogP contribution in [0.25, 0.3) is 6.08 Å². The second-order valence-electron chi connectivity index (χ2n) is 5.05. The van der Waals surface area contributed by atoms with Crippen molar-refractivity contribution in [2.75, 3.05) is 0 Å². The highest BCUT2D eigenvalue weighted by Gasteiger charge is 2.06. The van der Waals surface area contributed by atoms with E-state index in [4.69, 9.17) is 0 Å². The van der Waals surface area contributed by atoms with Crippen molar-refractivity contribution >= 4 is 27.9 Å². The van der Waals surface area contributed by atoms with Gasteiger partial charge in [-0.05, 0) is 49.2 Å². The number of pyridine rings is 1. The van der Waals surface area contributed by atoms with Crippen LogP contribution in [0.3, 0.4) is 0 Å². The lowest BCUT2D eigenvalue weighted by Gasteiger charge is -2.06. The van der Waals surface area contributed by atoms with Crippen LogP contribution < -0.4 is 10.9 Å².